The summed E-state index contributed by atoms with van der Waals surface area (Å²) in [4.78, 5) is 2.20. The molecule has 656 valence electrons. The average molecular weight is 1770 g/mol. The maximum Gasteiger partial charge on any atom is 0.165 e. The Balaban J connectivity index is 0.000000163. The standard InChI is InChI=1S/C25H22NOP.C22H25N2P.C22H21P.C19H24NOP.2C14H15N.CH4/c1-27-24-18-10-8-16-22(24)26-23-17-9-11-19-25(23)28(20-12-4-2-5-13-20)21-14-6-3-7-15-21;1-24(2)18-17-23-21-15-9-10-16-22(21)25(19-11-5-3-6-12-19)20-13-7-4-8-14-20;1-19(2)18-23(20-12-6-3-7-13-20,21-14-8-4-9-15-21)22-16-10-5-11-17-22;1-16(20-19(2,3)4)15-22(21,17-11-7-5-8-12-17)18-13-9-6-10-14-18;2*1-11-7-3-5-9-13(11)15-14-10-6-4-8-12(14)2;/h2-19,26H,1H3;3-16,23H,17-18H2,1-2H3;3-18H,1H2,2H3;5-15,20H,1-4H3;2*3-10,15H,1-2H3;1H4/b;;;16-15+;;;. The molecular weight excluding hydrogens is 1650 g/mol. The van der Waals surface area contributed by atoms with Crippen molar-refractivity contribution in [1.29, 1.82) is 0 Å². The highest BCUT2D eigenvalue weighted by molar-refractivity contribution is 7.94. The smallest absolute Gasteiger partial charge is 0.165 e. The molecule has 16 aromatic carbocycles. The average Bonchev–Trinajstić information content (AvgIpc) is 0.752. The molecule has 0 bridgehead atoms. The molecule has 0 aliphatic rings. The van der Waals surface area contributed by atoms with Gasteiger partial charge in [-0.1, -0.05) is 414 Å². The van der Waals surface area contributed by atoms with Gasteiger partial charge in [0, 0.05) is 85.5 Å². The highest BCUT2D eigenvalue weighted by Crippen LogP contribution is 2.47. The van der Waals surface area contributed by atoms with Crippen molar-refractivity contribution in [3.05, 3.63) is 489 Å². The summed E-state index contributed by atoms with van der Waals surface area (Å²) < 4.78 is 19.3. The number of para-hydroxylation sites is 8. The molecule has 0 heterocycles. The second-order valence-corrected chi connectivity index (χ2v) is 42.6. The van der Waals surface area contributed by atoms with E-state index in [1.165, 1.54) is 98.4 Å². The largest absolute Gasteiger partial charge is 0.495 e. The highest BCUT2D eigenvalue weighted by Gasteiger charge is 2.28. The zero-order chi connectivity index (χ0) is 90.4. The van der Waals surface area contributed by atoms with E-state index in [4.69, 9.17) is 4.74 Å². The zero-order valence-corrected chi connectivity index (χ0v) is 79.6. The first-order valence-electron chi connectivity index (χ1n) is 43.5. The summed E-state index contributed by atoms with van der Waals surface area (Å²) in [6.45, 7) is 23.1. The minimum absolute atomic E-state index is 0. The van der Waals surface area contributed by atoms with Crippen LogP contribution in [0.25, 0.3) is 0 Å². The predicted molar refractivity (Wildman–Crippen MR) is 574 cm³/mol. The highest BCUT2D eigenvalue weighted by atomic mass is 31.2. The number of allylic oxidation sites excluding steroid dienone is 2. The van der Waals surface area contributed by atoms with E-state index in [1.807, 2.05) is 122 Å². The molecule has 0 saturated heterocycles. The number of anilines is 7. The van der Waals surface area contributed by atoms with Crippen molar-refractivity contribution < 1.29 is 9.30 Å². The van der Waals surface area contributed by atoms with Crippen LogP contribution >= 0.6 is 29.9 Å². The van der Waals surface area contributed by atoms with Crippen LogP contribution in [0.1, 0.15) is 64.3 Å². The van der Waals surface area contributed by atoms with Gasteiger partial charge in [-0.3, -0.25) is 0 Å². The molecule has 16 rings (SSSR count). The molecule has 0 unspecified atom stereocenters. The minimum Gasteiger partial charge on any atom is -0.495 e. The summed E-state index contributed by atoms with van der Waals surface area (Å²) in [6, 6.07) is 154. The predicted octanol–water partition coefficient (Wildman–Crippen LogP) is 26.0. The minimum atomic E-state index is -2.79. The molecule has 0 amide bonds. The SMILES string of the molecule is C.C/C(=C\P(=O)(c1ccccc1)c1ccccc1)NC(C)(C)C.C=C(C)C=P(c1ccccc1)(c1ccccc1)c1ccccc1.CN(C)CCNc1ccccc1P(c1ccccc1)c1ccccc1.COc1ccccc1Nc1ccccc1P(c1ccccc1)c1ccccc1.Cc1ccccc1Nc1ccccc1C.Cc1ccccc1Nc1ccccc1C. The van der Waals surface area contributed by atoms with Crippen LogP contribution in [0.3, 0.4) is 0 Å². The lowest BCUT2D eigenvalue weighted by atomic mass is 10.1. The number of benzene rings is 16. The fraction of sp³-hybridized carbons (Fsp3) is 0.137. The maximum absolute atomic E-state index is 13.8. The van der Waals surface area contributed by atoms with Crippen molar-refractivity contribution in [2.24, 2.45) is 0 Å². The monoisotopic (exact) mass is 1770 g/mol. The molecule has 0 fully saturated rings. The lowest BCUT2D eigenvalue weighted by molar-refractivity contribution is 0.417. The molecular formula is C117H126N6O2P4. The van der Waals surface area contributed by atoms with Crippen molar-refractivity contribution in [1.82, 2.24) is 10.2 Å². The first-order valence-corrected chi connectivity index (χ1v) is 49.8. The summed E-state index contributed by atoms with van der Waals surface area (Å²) in [7, 11) is 1.87. The number of aryl methyl sites for hydroxylation is 4. The van der Waals surface area contributed by atoms with Crippen LogP contribution in [0.4, 0.5) is 39.8 Å². The number of nitrogens with zero attached hydrogens (tertiary/aromatic N) is 1. The van der Waals surface area contributed by atoms with Gasteiger partial charge in [0.25, 0.3) is 0 Å². The van der Waals surface area contributed by atoms with Crippen LogP contribution in [-0.2, 0) is 4.57 Å². The van der Waals surface area contributed by atoms with Crippen LogP contribution in [0.5, 0.6) is 5.75 Å². The molecule has 0 aromatic heterocycles. The molecule has 16 aromatic rings. The van der Waals surface area contributed by atoms with Gasteiger partial charge in [-0.05, 0) is 213 Å². The molecule has 8 nitrogen and oxygen atoms in total. The van der Waals surface area contributed by atoms with Crippen molar-refractivity contribution in [3.8, 4) is 5.75 Å². The van der Waals surface area contributed by atoms with Gasteiger partial charge in [0.15, 0.2) is 7.14 Å². The molecule has 0 saturated carbocycles. The summed E-state index contributed by atoms with van der Waals surface area (Å²) in [5, 5.41) is 31.4. The lowest BCUT2D eigenvalue weighted by Gasteiger charge is -2.28. The lowest BCUT2D eigenvalue weighted by Crippen LogP contribution is -2.34. The van der Waals surface area contributed by atoms with Crippen molar-refractivity contribution in [2.45, 2.75) is 75.3 Å². The van der Waals surface area contributed by atoms with E-state index in [-0.39, 0.29) is 13.0 Å². The molecule has 12 heteroatoms. The van der Waals surface area contributed by atoms with Gasteiger partial charge in [0.1, 0.15) is 5.75 Å². The second kappa shape index (κ2) is 50.6. The van der Waals surface area contributed by atoms with E-state index in [2.05, 4.69) is 447 Å². The Bertz CT molecular complexity index is 5780. The van der Waals surface area contributed by atoms with Gasteiger partial charge in [-0.2, -0.15) is 0 Å². The third-order valence-electron chi connectivity index (χ3n) is 20.8. The van der Waals surface area contributed by atoms with E-state index in [0.29, 0.717) is 0 Å². The Morgan fingerprint density at radius 3 is 0.907 bits per heavy atom. The summed E-state index contributed by atoms with van der Waals surface area (Å²) in [6.07, 6.45) is 0. The summed E-state index contributed by atoms with van der Waals surface area (Å²) in [5.74, 6) is 5.11. The van der Waals surface area contributed by atoms with E-state index in [9.17, 15) is 4.57 Å². The van der Waals surface area contributed by atoms with E-state index >= 15 is 0 Å². The van der Waals surface area contributed by atoms with E-state index in [0.717, 1.165) is 52.1 Å². The first kappa shape index (κ1) is 98.3. The first-order chi connectivity index (χ1) is 62.2. The van der Waals surface area contributed by atoms with Crippen LogP contribution < -0.4 is 89.7 Å². The number of hydrogen-bond donors (Lipinski definition) is 5. The van der Waals surface area contributed by atoms with Gasteiger partial charge >= 0.3 is 0 Å². The van der Waals surface area contributed by atoms with E-state index in [1.54, 1.807) is 7.11 Å². The Hall–Kier alpha value is -12.9. The molecule has 0 spiro atoms. The summed E-state index contributed by atoms with van der Waals surface area (Å²) >= 11 is 0. The quantitative estimate of drug-likeness (QED) is 0.0362. The molecule has 0 atom stereocenters. The van der Waals surface area contributed by atoms with Crippen molar-refractivity contribution in [2.75, 3.05) is 55.6 Å². The number of ether oxygens (including phenoxy) is 1. The van der Waals surface area contributed by atoms with Crippen LogP contribution in [-0.4, -0.2) is 50.5 Å². The third kappa shape index (κ3) is 29.1. The van der Waals surface area contributed by atoms with Crippen LogP contribution in [0, 0.1) is 27.7 Å². The number of hydrogen-bond acceptors (Lipinski definition) is 8. The Morgan fingerprint density at radius 1 is 0.349 bits per heavy atom. The second-order valence-electron chi connectivity index (χ2n) is 32.3. The topological polar surface area (TPSA) is 89.7 Å². The van der Waals surface area contributed by atoms with Gasteiger partial charge in [0.2, 0.25) is 0 Å². The molecule has 5 N–H and O–H groups in total. The van der Waals surface area contributed by atoms with Gasteiger partial charge < -0.3 is 40.8 Å². The fourth-order valence-corrected chi connectivity index (χ4v) is 25.9. The molecule has 129 heavy (non-hydrogen) atoms. The number of likely N-dealkylation sites (N-methyl/N-ethyl adjacent to an activating group) is 1. The Morgan fingerprint density at radius 2 is 0.605 bits per heavy atom. The van der Waals surface area contributed by atoms with Gasteiger partial charge in [0.05, 0.1) is 12.8 Å². The molecule has 0 aliphatic heterocycles. The van der Waals surface area contributed by atoms with Crippen LogP contribution in [0.15, 0.2) is 467 Å². The molecule has 0 aliphatic carbocycles. The normalized spacial score (nSPS) is 11.0. The van der Waals surface area contributed by atoms with Crippen molar-refractivity contribution in [3.63, 3.8) is 0 Å². The van der Waals surface area contributed by atoms with E-state index < -0.39 is 29.9 Å². The number of methoxy groups -OCH3 is 1. The van der Waals surface area contributed by atoms with Gasteiger partial charge in [-0.15, -0.1) is 0 Å². The Labute approximate surface area is 773 Å². The number of nitrogens with one attached hydrogen (secondary N) is 5. The van der Waals surface area contributed by atoms with Crippen molar-refractivity contribution >= 4 is 134 Å². The number of rotatable bonds is 25. The molecule has 0 radical (unpaired) electrons. The van der Waals surface area contributed by atoms with Crippen LogP contribution in [0.2, 0.25) is 0 Å². The fourth-order valence-electron chi connectivity index (χ4n) is 14.7. The Kier molecular flexibility index (Phi) is 38.6. The van der Waals surface area contributed by atoms with Gasteiger partial charge in [-0.25, -0.2) is 0 Å². The zero-order valence-electron chi connectivity index (χ0n) is 76.0. The summed E-state index contributed by atoms with van der Waals surface area (Å²) in [5.41, 5.74) is 15.0. The third-order valence-corrected chi connectivity index (χ3v) is 32.9. The maximum atomic E-state index is 13.8.